The van der Waals surface area contributed by atoms with Crippen molar-refractivity contribution in [2.45, 2.75) is 6.92 Å². The van der Waals surface area contributed by atoms with Crippen molar-refractivity contribution in [3.8, 4) is 29.7 Å². The van der Waals surface area contributed by atoms with Crippen molar-refractivity contribution in [1.29, 1.82) is 0 Å². The third-order valence-corrected chi connectivity index (χ3v) is 3.91. The van der Waals surface area contributed by atoms with Crippen LogP contribution in [0, 0.1) is 12.3 Å². The van der Waals surface area contributed by atoms with E-state index >= 15 is 0 Å². The summed E-state index contributed by atoms with van der Waals surface area (Å²) in [5.74, 6) is 2.93. The summed E-state index contributed by atoms with van der Waals surface area (Å²) < 4.78 is 6.69. The van der Waals surface area contributed by atoms with Crippen LogP contribution in [0.5, 0.6) is 11.6 Å². The van der Waals surface area contributed by atoms with Crippen LogP contribution in [0.1, 0.15) is 12.5 Å². The molecule has 0 saturated carbocycles. The van der Waals surface area contributed by atoms with E-state index < -0.39 is 0 Å². The van der Waals surface area contributed by atoms with Gasteiger partial charge in [0.15, 0.2) is 0 Å². The van der Waals surface area contributed by atoms with Crippen molar-refractivity contribution in [3.63, 3.8) is 0 Å². The number of nitrogens with zero attached hydrogens (tertiary/aromatic N) is 2. The lowest BCUT2D eigenvalue weighted by atomic mass is 10.1. The van der Waals surface area contributed by atoms with Crippen molar-refractivity contribution >= 4 is 17.0 Å². The number of aliphatic imine (C=N–C) groups is 1. The monoisotopic (exact) mass is 346 g/mol. The summed E-state index contributed by atoms with van der Waals surface area (Å²) in [7, 11) is 0. The van der Waals surface area contributed by atoms with Gasteiger partial charge in [0.1, 0.15) is 5.75 Å². The number of aromatic hydroxyl groups is 1. The molecule has 0 radical (unpaired) electrons. The maximum absolute atomic E-state index is 12.9. The standard InChI is InChI=1S/C21H18N2O3/c1-3-13-22-14-19-17-7-5-6-8-18(17)20(24)23(21(19)25)15-9-11-16(12-10-15)26-4-2/h1,5-12,14,25H,4,13H2,2H3. The van der Waals surface area contributed by atoms with Gasteiger partial charge in [0.2, 0.25) is 5.88 Å². The van der Waals surface area contributed by atoms with Gasteiger partial charge in [-0.05, 0) is 37.3 Å². The Hall–Kier alpha value is -3.52. The van der Waals surface area contributed by atoms with Crippen molar-refractivity contribution < 1.29 is 9.84 Å². The second-order valence-corrected chi connectivity index (χ2v) is 5.52. The molecule has 2 aromatic carbocycles. The van der Waals surface area contributed by atoms with Crippen LogP contribution >= 0.6 is 0 Å². The second-order valence-electron chi connectivity index (χ2n) is 5.52. The fourth-order valence-corrected chi connectivity index (χ4v) is 2.78. The van der Waals surface area contributed by atoms with Crippen molar-refractivity contribution in [2.75, 3.05) is 13.2 Å². The van der Waals surface area contributed by atoms with Crippen LogP contribution in [0.2, 0.25) is 0 Å². The van der Waals surface area contributed by atoms with Gasteiger partial charge in [-0.15, -0.1) is 6.42 Å². The predicted molar refractivity (Wildman–Crippen MR) is 104 cm³/mol. The van der Waals surface area contributed by atoms with Crippen LogP contribution in [0.4, 0.5) is 0 Å². The van der Waals surface area contributed by atoms with Crippen LogP contribution in [0.25, 0.3) is 16.5 Å². The summed E-state index contributed by atoms with van der Waals surface area (Å²) in [4.78, 5) is 17.1. The van der Waals surface area contributed by atoms with Gasteiger partial charge in [-0.3, -0.25) is 9.79 Å². The number of hydrogen-bond acceptors (Lipinski definition) is 4. The van der Waals surface area contributed by atoms with Crippen LogP contribution < -0.4 is 10.3 Å². The molecule has 0 bridgehead atoms. The van der Waals surface area contributed by atoms with Crippen LogP contribution in [-0.2, 0) is 0 Å². The van der Waals surface area contributed by atoms with E-state index in [4.69, 9.17) is 11.2 Å². The molecule has 26 heavy (non-hydrogen) atoms. The van der Waals surface area contributed by atoms with Crippen LogP contribution in [0.3, 0.4) is 0 Å². The lowest BCUT2D eigenvalue weighted by molar-refractivity contribution is 0.340. The molecule has 0 amide bonds. The summed E-state index contributed by atoms with van der Waals surface area (Å²) >= 11 is 0. The summed E-state index contributed by atoms with van der Waals surface area (Å²) in [6.07, 6.45) is 6.74. The molecular formula is C21H18N2O3. The lowest BCUT2D eigenvalue weighted by Crippen LogP contribution is -2.20. The third kappa shape index (κ3) is 3.17. The molecule has 3 rings (SSSR count). The first-order valence-corrected chi connectivity index (χ1v) is 8.20. The third-order valence-electron chi connectivity index (χ3n) is 3.91. The number of aromatic nitrogens is 1. The molecule has 0 saturated heterocycles. The molecule has 3 aromatic rings. The molecule has 0 aliphatic rings. The summed E-state index contributed by atoms with van der Waals surface area (Å²) in [6, 6.07) is 14.0. The molecule has 1 heterocycles. The molecule has 0 atom stereocenters. The first kappa shape index (κ1) is 17.3. The molecule has 5 heteroatoms. The largest absolute Gasteiger partial charge is 0.494 e. The number of pyridine rings is 1. The Balaban J connectivity index is 2.25. The van der Waals surface area contributed by atoms with Crippen molar-refractivity contribution in [2.24, 2.45) is 4.99 Å². The fraction of sp³-hybridized carbons (Fsp3) is 0.143. The number of benzene rings is 2. The van der Waals surface area contributed by atoms with Gasteiger partial charge in [0.05, 0.1) is 24.4 Å². The van der Waals surface area contributed by atoms with Gasteiger partial charge in [-0.2, -0.15) is 0 Å². The number of fused-ring (bicyclic) bond motifs is 1. The zero-order chi connectivity index (χ0) is 18.5. The Morgan fingerprint density at radius 1 is 1.19 bits per heavy atom. The predicted octanol–water partition coefficient (Wildman–Crippen LogP) is 3.15. The highest BCUT2D eigenvalue weighted by Gasteiger charge is 2.16. The summed E-state index contributed by atoms with van der Waals surface area (Å²) in [5, 5.41) is 11.9. The quantitative estimate of drug-likeness (QED) is 0.570. The minimum atomic E-state index is -0.309. The molecule has 0 unspecified atom stereocenters. The molecule has 1 N–H and O–H groups in total. The van der Waals surface area contributed by atoms with Crippen molar-refractivity contribution in [3.05, 3.63) is 64.4 Å². The van der Waals surface area contributed by atoms with E-state index in [1.807, 2.05) is 6.92 Å². The second kappa shape index (κ2) is 7.58. The highest BCUT2D eigenvalue weighted by atomic mass is 16.5. The number of rotatable bonds is 5. The molecule has 130 valence electrons. The van der Waals surface area contributed by atoms with Gasteiger partial charge in [0.25, 0.3) is 5.56 Å². The molecular weight excluding hydrogens is 328 g/mol. The fourth-order valence-electron chi connectivity index (χ4n) is 2.78. The van der Waals surface area contributed by atoms with E-state index in [9.17, 15) is 9.90 Å². The minimum absolute atomic E-state index is 0.182. The zero-order valence-electron chi connectivity index (χ0n) is 14.3. The van der Waals surface area contributed by atoms with Gasteiger partial charge < -0.3 is 9.84 Å². The van der Waals surface area contributed by atoms with Gasteiger partial charge in [-0.1, -0.05) is 24.1 Å². The lowest BCUT2D eigenvalue weighted by Gasteiger charge is -2.14. The van der Waals surface area contributed by atoms with E-state index in [0.717, 1.165) is 0 Å². The van der Waals surface area contributed by atoms with Crippen LogP contribution in [0.15, 0.2) is 58.3 Å². The molecule has 5 nitrogen and oxygen atoms in total. The molecule has 0 fully saturated rings. The molecule has 0 spiro atoms. The van der Waals surface area contributed by atoms with Crippen LogP contribution in [-0.4, -0.2) is 29.0 Å². The first-order valence-electron chi connectivity index (χ1n) is 8.20. The average molecular weight is 346 g/mol. The van der Waals surface area contributed by atoms with Gasteiger partial charge in [-0.25, -0.2) is 4.57 Å². The molecule has 0 aliphatic heterocycles. The summed E-state index contributed by atoms with van der Waals surface area (Å²) in [6.45, 7) is 2.64. The Kier molecular flexibility index (Phi) is 5.04. The smallest absolute Gasteiger partial charge is 0.265 e. The van der Waals surface area contributed by atoms with E-state index in [2.05, 4.69) is 10.9 Å². The summed E-state index contributed by atoms with van der Waals surface area (Å²) in [5.41, 5.74) is 0.675. The minimum Gasteiger partial charge on any atom is -0.494 e. The Morgan fingerprint density at radius 3 is 2.54 bits per heavy atom. The highest BCUT2D eigenvalue weighted by Crippen LogP contribution is 2.26. The Labute approximate surface area is 151 Å². The van der Waals surface area contributed by atoms with E-state index in [-0.39, 0.29) is 18.0 Å². The highest BCUT2D eigenvalue weighted by molar-refractivity contribution is 6.01. The van der Waals surface area contributed by atoms with E-state index in [1.54, 1.807) is 48.5 Å². The normalized spacial score (nSPS) is 10.9. The maximum Gasteiger partial charge on any atom is 0.265 e. The topological polar surface area (TPSA) is 63.8 Å². The van der Waals surface area contributed by atoms with E-state index in [1.165, 1.54) is 10.8 Å². The Morgan fingerprint density at radius 2 is 1.88 bits per heavy atom. The molecule has 0 aliphatic carbocycles. The van der Waals surface area contributed by atoms with Gasteiger partial charge >= 0.3 is 0 Å². The SMILES string of the molecule is C#CCN=Cc1c(O)n(-c2ccc(OCC)cc2)c(=O)c2ccccc12. The number of terminal acetylenes is 1. The molecule has 1 aromatic heterocycles. The average Bonchev–Trinajstić information content (AvgIpc) is 2.66. The zero-order valence-corrected chi connectivity index (χ0v) is 14.3. The number of hydrogen-bond donors (Lipinski definition) is 1. The first-order chi connectivity index (χ1) is 12.7. The Bertz CT molecular complexity index is 1060. The van der Waals surface area contributed by atoms with E-state index in [0.29, 0.717) is 34.4 Å². The van der Waals surface area contributed by atoms with Gasteiger partial charge in [0, 0.05) is 17.0 Å². The maximum atomic E-state index is 12.9. The number of ether oxygens (including phenoxy) is 1. The van der Waals surface area contributed by atoms with Crippen molar-refractivity contribution in [1.82, 2.24) is 4.57 Å².